The van der Waals surface area contributed by atoms with Crippen LogP contribution in [0, 0.1) is 0 Å². The molecule has 0 saturated heterocycles. The van der Waals surface area contributed by atoms with Crippen molar-refractivity contribution in [1.82, 2.24) is 0 Å². The van der Waals surface area contributed by atoms with Crippen molar-refractivity contribution in [3.63, 3.8) is 0 Å². The monoisotopic (exact) mass is 158 g/mol. The number of esters is 1. The van der Waals surface area contributed by atoms with Crippen LogP contribution < -0.4 is 0 Å². The van der Waals surface area contributed by atoms with E-state index in [1.807, 2.05) is 0 Å². The van der Waals surface area contributed by atoms with Crippen molar-refractivity contribution in [3.05, 3.63) is 0 Å². The van der Waals surface area contributed by atoms with E-state index in [2.05, 4.69) is 9.47 Å². The molecule has 0 aliphatic rings. The number of hydrogen-bond donors (Lipinski definition) is 0. The zero-order valence-electron chi connectivity index (χ0n) is 5.07. The highest BCUT2D eigenvalue weighted by molar-refractivity contribution is 5.70. The number of ether oxygens (including phenoxy) is 2. The van der Waals surface area contributed by atoms with Crippen molar-refractivity contribution < 1.29 is 27.4 Å². The van der Waals surface area contributed by atoms with E-state index < -0.39 is 18.9 Å². The molecule has 10 heavy (non-hydrogen) atoms. The maximum atomic E-state index is 11.1. The molecule has 60 valence electrons. The van der Waals surface area contributed by atoms with Gasteiger partial charge in [0.25, 0.3) is 0 Å². The highest BCUT2D eigenvalue weighted by Gasteiger charge is 2.30. The summed E-state index contributed by atoms with van der Waals surface area (Å²) in [5, 5.41) is 0. The van der Waals surface area contributed by atoms with Gasteiger partial charge in [0.2, 0.25) is 0 Å². The zero-order chi connectivity index (χ0) is 8.20. The number of alkyl halides is 3. The second kappa shape index (κ2) is 3.40. The van der Waals surface area contributed by atoms with Gasteiger partial charge in [0, 0.05) is 0 Å². The molecule has 0 atom stereocenters. The molecule has 0 bridgehead atoms. The highest BCUT2D eigenvalue weighted by atomic mass is 19.4. The van der Waals surface area contributed by atoms with Crippen LogP contribution in [-0.4, -0.2) is 26.0 Å². The lowest BCUT2D eigenvalue weighted by molar-refractivity contribution is -0.322. The maximum absolute atomic E-state index is 11.1. The molecule has 0 aliphatic carbocycles. The van der Waals surface area contributed by atoms with Crippen molar-refractivity contribution in [1.29, 1.82) is 0 Å². The van der Waals surface area contributed by atoms with Crippen LogP contribution in [-0.2, 0) is 14.3 Å². The fourth-order valence-corrected chi connectivity index (χ4v) is 0.200. The molecule has 0 unspecified atom stereocenters. The van der Waals surface area contributed by atoms with E-state index >= 15 is 0 Å². The number of carbonyl (C=O) groups is 1. The lowest BCUT2D eigenvalue weighted by atomic mass is 10.7. The summed E-state index contributed by atoms with van der Waals surface area (Å²) in [7, 11) is 0.974. The van der Waals surface area contributed by atoms with Gasteiger partial charge in [-0.1, -0.05) is 0 Å². The average Bonchev–Trinajstić information content (AvgIpc) is 1.81. The minimum atomic E-state index is -4.77. The van der Waals surface area contributed by atoms with E-state index in [0.717, 1.165) is 7.11 Å². The average molecular weight is 158 g/mol. The Morgan fingerprint density at radius 3 is 2.30 bits per heavy atom. The van der Waals surface area contributed by atoms with Crippen molar-refractivity contribution in [2.24, 2.45) is 0 Å². The standard InChI is InChI=1S/C4H5F3O3/c1-9-3(8)2-10-4(5,6)7/h2H2,1H3. The number of hydrogen-bond acceptors (Lipinski definition) is 3. The molecule has 0 aromatic rings. The summed E-state index contributed by atoms with van der Waals surface area (Å²) in [4.78, 5) is 10.0. The largest absolute Gasteiger partial charge is 0.523 e. The van der Waals surface area contributed by atoms with Gasteiger partial charge in [0.05, 0.1) is 7.11 Å². The maximum Gasteiger partial charge on any atom is 0.523 e. The van der Waals surface area contributed by atoms with Gasteiger partial charge in [-0.3, -0.25) is 4.74 Å². The van der Waals surface area contributed by atoms with Crippen molar-refractivity contribution in [2.75, 3.05) is 13.7 Å². The van der Waals surface area contributed by atoms with Gasteiger partial charge < -0.3 is 4.74 Å². The first kappa shape index (κ1) is 9.22. The second-order valence-corrected chi connectivity index (χ2v) is 1.31. The van der Waals surface area contributed by atoms with Crippen LogP contribution in [0.15, 0.2) is 0 Å². The van der Waals surface area contributed by atoms with Gasteiger partial charge in [0.1, 0.15) is 0 Å². The van der Waals surface area contributed by atoms with Gasteiger partial charge in [-0.2, -0.15) is 0 Å². The molecule has 0 aromatic heterocycles. The van der Waals surface area contributed by atoms with E-state index in [1.54, 1.807) is 0 Å². The van der Waals surface area contributed by atoms with Crippen LogP contribution in [0.2, 0.25) is 0 Å². The molecule has 6 heteroatoms. The fourth-order valence-electron chi connectivity index (χ4n) is 0.200. The van der Waals surface area contributed by atoms with E-state index in [1.165, 1.54) is 0 Å². The first-order chi connectivity index (χ1) is 4.45. The third-order valence-corrected chi connectivity index (χ3v) is 0.581. The summed E-state index contributed by atoms with van der Waals surface area (Å²) >= 11 is 0. The quantitative estimate of drug-likeness (QED) is 0.555. The molecular weight excluding hydrogens is 153 g/mol. The van der Waals surface area contributed by atoms with Crippen LogP contribution in [0.1, 0.15) is 0 Å². The Bertz CT molecular complexity index is 119. The molecule has 0 aromatic carbocycles. The summed E-state index contributed by atoms with van der Waals surface area (Å²) < 4.78 is 40.4. The highest BCUT2D eigenvalue weighted by Crippen LogP contribution is 2.15. The Morgan fingerprint density at radius 2 is 2.00 bits per heavy atom. The Balaban J connectivity index is 3.46. The van der Waals surface area contributed by atoms with Crippen LogP contribution in [0.4, 0.5) is 13.2 Å². The van der Waals surface area contributed by atoms with Gasteiger partial charge in [-0.25, -0.2) is 4.79 Å². The molecule has 0 heterocycles. The first-order valence-electron chi connectivity index (χ1n) is 2.23. The predicted octanol–water partition coefficient (Wildman–Crippen LogP) is 0.696. The smallest absolute Gasteiger partial charge is 0.467 e. The number of carbonyl (C=O) groups excluding carboxylic acids is 1. The lowest BCUT2D eigenvalue weighted by Crippen LogP contribution is -2.20. The number of halogens is 3. The van der Waals surface area contributed by atoms with E-state index in [-0.39, 0.29) is 0 Å². The summed E-state index contributed by atoms with van der Waals surface area (Å²) in [6, 6.07) is 0. The Hall–Kier alpha value is -0.780. The van der Waals surface area contributed by atoms with Gasteiger partial charge >= 0.3 is 12.3 Å². The minimum absolute atomic E-state index is 0.974. The van der Waals surface area contributed by atoms with Gasteiger partial charge in [0.15, 0.2) is 6.61 Å². The molecule has 3 nitrogen and oxygen atoms in total. The fraction of sp³-hybridized carbons (Fsp3) is 0.750. The van der Waals surface area contributed by atoms with Gasteiger partial charge in [-0.05, 0) is 0 Å². The first-order valence-corrected chi connectivity index (χ1v) is 2.23. The molecule has 0 amide bonds. The second-order valence-electron chi connectivity index (χ2n) is 1.31. The Morgan fingerprint density at radius 1 is 1.50 bits per heavy atom. The minimum Gasteiger partial charge on any atom is -0.467 e. The molecule has 0 saturated carbocycles. The van der Waals surface area contributed by atoms with Crippen LogP contribution >= 0.6 is 0 Å². The third kappa shape index (κ3) is 5.36. The Labute approximate surface area is 54.7 Å². The summed E-state index contributed by atoms with van der Waals surface area (Å²) in [5.74, 6) is -1.06. The Kier molecular flexibility index (Phi) is 3.14. The van der Waals surface area contributed by atoms with E-state index in [0.29, 0.717) is 0 Å². The number of rotatable bonds is 2. The molecule has 0 radical (unpaired) electrons. The third-order valence-electron chi connectivity index (χ3n) is 0.581. The SMILES string of the molecule is COC(=O)COC(F)(F)F. The molecule has 0 rings (SSSR count). The molecule has 0 spiro atoms. The van der Waals surface area contributed by atoms with Crippen molar-refractivity contribution in [3.8, 4) is 0 Å². The van der Waals surface area contributed by atoms with Crippen LogP contribution in [0.3, 0.4) is 0 Å². The lowest BCUT2D eigenvalue weighted by Gasteiger charge is -2.04. The summed E-state index contributed by atoms with van der Waals surface area (Å²) in [6.45, 7) is -1.10. The van der Waals surface area contributed by atoms with Crippen molar-refractivity contribution in [2.45, 2.75) is 6.36 Å². The van der Waals surface area contributed by atoms with E-state index in [4.69, 9.17) is 0 Å². The summed E-state index contributed by atoms with van der Waals surface area (Å²) in [6.07, 6.45) is -4.77. The molecular formula is C4H5F3O3. The normalized spacial score (nSPS) is 11.2. The predicted molar refractivity (Wildman–Crippen MR) is 24.0 cm³/mol. The number of methoxy groups -OCH3 is 1. The molecule has 0 N–H and O–H groups in total. The van der Waals surface area contributed by atoms with Crippen molar-refractivity contribution >= 4 is 5.97 Å². The van der Waals surface area contributed by atoms with Gasteiger partial charge in [-0.15, -0.1) is 13.2 Å². The summed E-state index contributed by atoms with van der Waals surface area (Å²) in [5.41, 5.74) is 0. The van der Waals surface area contributed by atoms with E-state index in [9.17, 15) is 18.0 Å². The van der Waals surface area contributed by atoms with Crippen LogP contribution in [0.25, 0.3) is 0 Å². The molecule has 0 aliphatic heterocycles. The zero-order valence-corrected chi connectivity index (χ0v) is 5.07. The van der Waals surface area contributed by atoms with Crippen LogP contribution in [0.5, 0.6) is 0 Å². The topological polar surface area (TPSA) is 35.5 Å². The molecule has 0 fully saturated rings.